The Balaban J connectivity index is 2.49. The van der Waals surface area contributed by atoms with Crippen LogP contribution >= 0.6 is 0 Å². The topological polar surface area (TPSA) is 44.8 Å². The number of Topliss-reactive ketones (excluding diaryl/α,β-unsaturated/α-hetero) is 1. The Morgan fingerprint density at radius 1 is 1.26 bits per heavy atom. The van der Waals surface area contributed by atoms with Gasteiger partial charge in [0.05, 0.1) is 32.8 Å². The van der Waals surface area contributed by atoms with E-state index in [0.717, 1.165) is 22.6 Å². The van der Waals surface area contributed by atoms with Gasteiger partial charge in [0.2, 0.25) is 0 Å². The molecule has 0 saturated carbocycles. The van der Waals surface area contributed by atoms with Gasteiger partial charge >= 0.3 is 0 Å². The molecule has 1 aliphatic rings. The zero-order chi connectivity index (χ0) is 14.0. The Morgan fingerprint density at radius 3 is 2.32 bits per heavy atom. The first-order valence-corrected chi connectivity index (χ1v) is 6.33. The summed E-state index contributed by atoms with van der Waals surface area (Å²) in [4.78, 5) is 11.5. The summed E-state index contributed by atoms with van der Waals surface area (Å²) in [7, 11) is 3.29. The molecule has 0 spiro atoms. The Bertz CT molecular complexity index is 489. The van der Waals surface area contributed by atoms with Crippen LogP contribution < -0.4 is 9.47 Å². The van der Waals surface area contributed by atoms with Gasteiger partial charge in [-0.25, -0.2) is 0 Å². The number of methoxy groups -OCH3 is 2. The molecule has 104 valence electrons. The Morgan fingerprint density at radius 2 is 1.89 bits per heavy atom. The van der Waals surface area contributed by atoms with Gasteiger partial charge in [-0.2, -0.15) is 0 Å². The normalized spacial score (nSPS) is 16.6. The van der Waals surface area contributed by atoms with E-state index < -0.39 is 0 Å². The van der Waals surface area contributed by atoms with E-state index in [4.69, 9.17) is 14.2 Å². The number of ketones is 1. The lowest BCUT2D eigenvalue weighted by Crippen LogP contribution is -2.48. The first kappa shape index (κ1) is 13.9. The van der Waals surface area contributed by atoms with Crippen molar-refractivity contribution < 1.29 is 19.0 Å². The molecule has 2 rings (SSSR count). The third kappa shape index (κ3) is 2.45. The molecule has 0 unspecified atom stereocenters. The molecule has 1 saturated heterocycles. The molecule has 0 aliphatic carbocycles. The molecule has 1 aliphatic heterocycles. The third-order valence-corrected chi connectivity index (χ3v) is 3.63. The Hall–Kier alpha value is -1.55. The van der Waals surface area contributed by atoms with Gasteiger partial charge in [0.1, 0.15) is 17.3 Å². The van der Waals surface area contributed by atoms with Gasteiger partial charge in [0.15, 0.2) is 0 Å². The van der Waals surface area contributed by atoms with Gasteiger partial charge in [-0.3, -0.25) is 4.79 Å². The second kappa shape index (κ2) is 5.21. The molecule has 4 heteroatoms. The summed E-state index contributed by atoms with van der Waals surface area (Å²) in [5.74, 6) is 1.76. The second-order valence-corrected chi connectivity index (χ2v) is 5.17. The summed E-state index contributed by atoms with van der Waals surface area (Å²) in [6.07, 6.45) is 0.468. The fourth-order valence-electron chi connectivity index (χ4n) is 2.64. The lowest BCUT2D eigenvalue weighted by molar-refractivity contribution is -0.125. The van der Waals surface area contributed by atoms with Crippen molar-refractivity contribution in [2.24, 2.45) is 0 Å². The quantitative estimate of drug-likeness (QED) is 0.818. The number of benzene rings is 1. The average Bonchev–Trinajstić information content (AvgIpc) is 2.33. The van der Waals surface area contributed by atoms with Crippen molar-refractivity contribution in [2.45, 2.75) is 25.7 Å². The molecular formula is C15H20O4. The van der Waals surface area contributed by atoms with E-state index in [1.54, 1.807) is 21.1 Å². The Labute approximate surface area is 113 Å². The fraction of sp³-hybridized carbons (Fsp3) is 0.533. The lowest BCUT2D eigenvalue weighted by Gasteiger charge is -2.42. The van der Waals surface area contributed by atoms with Crippen LogP contribution in [0.3, 0.4) is 0 Å². The zero-order valence-electron chi connectivity index (χ0n) is 11.9. The summed E-state index contributed by atoms with van der Waals surface area (Å²) < 4.78 is 16.2. The highest BCUT2D eigenvalue weighted by molar-refractivity contribution is 5.78. The van der Waals surface area contributed by atoms with Gasteiger partial charge in [-0.05, 0) is 31.5 Å². The van der Waals surface area contributed by atoms with Crippen LogP contribution in [0.2, 0.25) is 0 Å². The van der Waals surface area contributed by atoms with Crippen molar-refractivity contribution in [1.29, 1.82) is 0 Å². The molecule has 0 bridgehead atoms. The van der Waals surface area contributed by atoms with Crippen molar-refractivity contribution in [3.05, 3.63) is 23.3 Å². The predicted molar refractivity (Wildman–Crippen MR) is 72.1 cm³/mol. The standard InChI is InChI=1S/C15H20O4/c1-10-5-14(18-4)12(6-13(10)17-3)15(7-11(2)16)8-19-9-15/h5-6H,7-9H2,1-4H3. The summed E-state index contributed by atoms with van der Waals surface area (Å²) in [6, 6.07) is 3.92. The van der Waals surface area contributed by atoms with Gasteiger partial charge in [0, 0.05) is 12.0 Å². The van der Waals surface area contributed by atoms with Crippen LogP contribution in [0.25, 0.3) is 0 Å². The summed E-state index contributed by atoms with van der Waals surface area (Å²) in [6.45, 7) is 4.68. The van der Waals surface area contributed by atoms with Crippen molar-refractivity contribution in [3.8, 4) is 11.5 Å². The van der Waals surface area contributed by atoms with E-state index >= 15 is 0 Å². The van der Waals surface area contributed by atoms with Crippen LogP contribution in [-0.2, 0) is 14.9 Å². The third-order valence-electron chi connectivity index (χ3n) is 3.63. The molecule has 0 N–H and O–H groups in total. The second-order valence-electron chi connectivity index (χ2n) is 5.17. The summed E-state index contributed by atoms with van der Waals surface area (Å²) >= 11 is 0. The first-order valence-electron chi connectivity index (χ1n) is 6.33. The molecule has 1 fully saturated rings. The smallest absolute Gasteiger partial charge is 0.130 e. The van der Waals surface area contributed by atoms with E-state index in [1.165, 1.54) is 0 Å². The zero-order valence-corrected chi connectivity index (χ0v) is 11.9. The number of aryl methyl sites for hydroxylation is 1. The van der Waals surface area contributed by atoms with E-state index in [2.05, 4.69) is 0 Å². The molecule has 0 radical (unpaired) electrons. The molecule has 1 aromatic carbocycles. The molecule has 4 nitrogen and oxygen atoms in total. The largest absolute Gasteiger partial charge is 0.496 e. The van der Waals surface area contributed by atoms with Crippen LogP contribution in [0, 0.1) is 6.92 Å². The average molecular weight is 264 g/mol. The molecule has 1 aromatic rings. The van der Waals surface area contributed by atoms with Crippen molar-refractivity contribution in [1.82, 2.24) is 0 Å². The molecule has 19 heavy (non-hydrogen) atoms. The highest BCUT2D eigenvalue weighted by Crippen LogP contribution is 2.43. The van der Waals surface area contributed by atoms with Crippen LogP contribution in [0.15, 0.2) is 12.1 Å². The van der Waals surface area contributed by atoms with Gasteiger partial charge in [0.25, 0.3) is 0 Å². The number of hydrogen-bond acceptors (Lipinski definition) is 4. The first-order chi connectivity index (χ1) is 9.02. The van der Waals surface area contributed by atoms with E-state index in [-0.39, 0.29) is 11.2 Å². The fourth-order valence-corrected chi connectivity index (χ4v) is 2.64. The van der Waals surface area contributed by atoms with Crippen molar-refractivity contribution in [2.75, 3.05) is 27.4 Å². The Kier molecular flexibility index (Phi) is 3.80. The highest BCUT2D eigenvalue weighted by atomic mass is 16.5. The molecule has 0 amide bonds. The van der Waals surface area contributed by atoms with Crippen molar-refractivity contribution in [3.63, 3.8) is 0 Å². The van der Waals surface area contributed by atoms with E-state index in [9.17, 15) is 4.79 Å². The number of rotatable bonds is 5. The van der Waals surface area contributed by atoms with Gasteiger partial charge in [-0.1, -0.05) is 0 Å². The minimum atomic E-state index is -0.266. The number of hydrogen-bond donors (Lipinski definition) is 0. The maximum Gasteiger partial charge on any atom is 0.130 e. The number of carbonyl (C=O) groups is 1. The monoisotopic (exact) mass is 264 g/mol. The van der Waals surface area contributed by atoms with Crippen LogP contribution in [-0.4, -0.2) is 33.2 Å². The molecule has 0 atom stereocenters. The molecule has 1 heterocycles. The van der Waals surface area contributed by atoms with Crippen LogP contribution in [0.4, 0.5) is 0 Å². The maximum atomic E-state index is 11.5. The summed E-state index contributed by atoms with van der Waals surface area (Å²) in [5.41, 5.74) is 1.75. The van der Waals surface area contributed by atoms with E-state index in [1.807, 2.05) is 19.1 Å². The van der Waals surface area contributed by atoms with Gasteiger partial charge in [-0.15, -0.1) is 0 Å². The highest BCUT2D eigenvalue weighted by Gasteiger charge is 2.43. The van der Waals surface area contributed by atoms with Crippen molar-refractivity contribution >= 4 is 5.78 Å². The lowest BCUT2D eigenvalue weighted by atomic mass is 9.74. The SMILES string of the molecule is COc1cc(C2(CC(C)=O)COC2)c(OC)cc1C. The maximum absolute atomic E-state index is 11.5. The van der Waals surface area contributed by atoms with E-state index in [0.29, 0.717) is 19.6 Å². The predicted octanol–water partition coefficient (Wildman–Crippen LogP) is 2.26. The minimum absolute atomic E-state index is 0.157. The van der Waals surface area contributed by atoms with Gasteiger partial charge < -0.3 is 14.2 Å². The van der Waals surface area contributed by atoms with Crippen LogP contribution in [0.5, 0.6) is 11.5 Å². The number of ether oxygens (including phenoxy) is 3. The molecule has 0 aromatic heterocycles. The molecular weight excluding hydrogens is 244 g/mol. The van der Waals surface area contributed by atoms with Crippen LogP contribution in [0.1, 0.15) is 24.5 Å². The number of carbonyl (C=O) groups excluding carboxylic acids is 1. The summed E-state index contributed by atoms with van der Waals surface area (Å²) in [5, 5.41) is 0. The minimum Gasteiger partial charge on any atom is -0.496 e.